The first-order chi connectivity index (χ1) is 7.77. The molecule has 16 heavy (non-hydrogen) atoms. The number of nitrogens with one attached hydrogen (secondary N) is 2. The lowest BCUT2D eigenvalue weighted by Gasteiger charge is -2.04. The zero-order valence-corrected chi connectivity index (χ0v) is 10.5. The molecule has 1 aromatic heterocycles. The number of anilines is 1. The minimum Gasteiger partial charge on any atom is -0.383 e. The molecule has 0 aromatic carbocycles. The van der Waals surface area contributed by atoms with Crippen LogP contribution in [-0.2, 0) is 4.74 Å². The number of aromatic nitrogens is 1. The summed E-state index contributed by atoms with van der Waals surface area (Å²) in [5, 5.41) is 15.9. The average molecular weight is 261 g/mol. The molecule has 0 aliphatic rings. The second kappa shape index (κ2) is 7.41. The Labute approximate surface area is 103 Å². The SMILES string of the molecule is COCCNCCNc1nc(Cl)c(C#N)s1. The zero-order valence-electron chi connectivity index (χ0n) is 8.92. The van der Waals surface area contributed by atoms with E-state index in [2.05, 4.69) is 15.6 Å². The van der Waals surface area contributed by atoms with E-state index in [4.69, 9.17) is 21.6 Å². The molecule has 0 aliphatic carbocycles. The second-order valence-corrected chi connectivity index (χ2v) is 4.28. The number of ether oxygens (including phenoxy) is 1. The van der Waals surface area contributed by atoms with Crippen molar-refractivity contribution in [3.05, 3.63) is 10.0 Å². The van der Waals surface area contributed by atoms with E-state index < -0.39 is 0 Å². The quantitative estimate of drug-likeness (QED) is 0.724. The van der Waals surface area contributed by atoms with Gasteiger partial charge in [0.1, 0.15) is 10.9 Å². The molecule has 5 nitrogen and oxygen atoms in total. The maximum Gasteiger partial charge on any atom is 0.185 e. The van der Waals surface area contributed by atoms with E-state index in [1.165, 1.54) is 11.3 Å². The Hall–Kier alpha value is -0.870. The lowest BCUT2D eigenvalue weighted by molar-refractivity contribution is 0.200. The third-order valence-corrected chi connectivity index (χ3v) is 3.05. The lowest BCUT2D eigenvalue weighted by Crippen LogP contribution is -2.25. The Bertz CT molecular complexity index is 363. The smallest absolute Gasteiger partial charge is 0.185 e. The first kappa shape index (κ1) is 13.2. The molecule has 2 N–H and O–H groups in total. The molecule has 0 radical (unpaired) electrons. The van der Waals surface area contributed by atoms with Gasteiger partial charge in [-0.1, -0.05) is 22.9 Å². The largest absolute Gasteiger partial charge is 0.383 e. The molecule has 0 saturated heterocycles. The van der Waals surface area contributed by atoms with Crippen LogP contribution in [0.1, 0.15) is 4.88 Å². The molecule has 0 bridgehead atoms. The number of nitrogens with zero attached hydrogens (tertiary/aromatic N) is 2. The molecule has 0 spiro atoms. The van der Waals surface area contributed by atoms with Gasteiger partial charge in [-0.05, 0) is 0 Å². The van der Waals surface area contributed by atoms with Gasteiger partial charge in [-0.25, -0.2) is 4.98 Å². The predicted molar refractivity (Wildman–Crippen MR) is 65.1 cm³/mol. The second-order valence-electron chi connectivity index (χ2n) is 2.92. The molecule has 7 heteroatoms. The molecule has 1 heterocycles. The van der Waals surface area contributed by atoms with Crippen molar-refractivity contribution in [3.8, 4) is 6.07 Å². The third-order valence-electron chi connectivity index (χ3n) is 1.75. The van der Waals surface area contributed by atoms with Gasteiger partial charge in [-0.2, -0.15) is 5.26 Å². The van der Waals surface area contributed by atoms with Gasteiger partial charge < -0.3 is 15.4 Å². The molecule has 0 saturated carbocycles. The summed E-state index contributed by atoms with van der Waals surface area (Å²) in [6.07, 6.45) is 0. The Morgan fingerprint density at radius 2 is 2.31 bits per heavy atom. The monoisotopic (exact) mass is 260 g/mol. The summed E-state index contributed by atoms with van der Waals surface area (Å²) in [7, 11) is 1.67. The Balaban J connectivity index is 2.20. The van der Waals surface area contributed by atoms with E-state index in [-0.39, 0.29) is 5.15 Å². The van der Waals surface area contributed by atoms with Crippen LogP contribution in [0.5, 0.6) is 0 Å². The highest BCUT2D eigenvalue weighted by Crippen LogP contribution is 2.25. The van der Waals surface area contributed by atoms with Crippen molar-refractivity contribution in [2.24, 2.45) is 0 Å². The molecule has 0 aliphatic heterocycles. The van der Waals surface area contributed by atoms with E-state index in [1.807, 2.05) is 6.07 Å². The van der Waals surface area contributed by atoms with Crippen molar-refractivity contribution in [1.29, 1.82) is 5.26 Å². The number of nitriles is 1. The van der Waals surface area contributed by atoms with Gasteiger partial charge in [-0.15, -0.1) is 0 Å². The van der Waals surface area contributed by atoms with Gasteiger partial charge in [0.15, 0.2) is 10.3 Å². The summed E-state index contributed by atoms with van der Waals surface area (Å²) in [6, 6.07) is 1.99. The predicted octanol–water partition coefficient (Wildman–Crippen LogP) is 1.32. The van der Waals surface area contributed by atoms with Gasteiger partial charge in [-0.3, -0.25) is 0 Å². The Kier molecular flexibility index (Phi) is 6.11. The third kappa shape index (κ3) is 4.33. The van der Waals surface area contributed by atoms with Crippen LogP contribution >= 0.6 is 22.9 Å². The molecule has 88 valence electrons. The van der Waals surface area contributed by atoms with E-state index >= 15 is 0 Å². The van der Waals surface area contributed by atoms with Gasteiger partial charge in [0.2, 0.25) is 0 Å². The zero-order chi connectivity index (χ0) is 11.8. The van der Waals surface area contributed by atoms with Gasteiger partial charge in [0.05, 0.1) is 6.61 Å². The minimum absolute atomic E-state index is 0.266. The van der Waals surface area contributed by atoms with Crippen molar-refractivity contribution < 1.29 is 4.74 Å². The van der Waals surface area contributed by atoms with Crippen molar-refractivity contribution in [2.45, 2.75) is 0 Å². The van der Waals surface area contributed by atoms with Crippen LogP contribution < -0.4 is 10.6 Å². The van der Waals surface area contributed by atoms with Crippen LogP contribution in [0.15, 0.2) is 0 Å². The van der Waals surface area contributed by atoms with Crippen LogP contribution in [0.4, 0.5) is 5.13 Å². The van der Waals surface area contributed by atoms with Gasteiger partial charge >= 0.3 is 0 Å². The van der Waals surface area contributed by atoms with Crippen LogP contribution in [0.2, 0.25) is 5.15 Å². The number of hydrogen-bond donors (Lipinski definition) is 2. The van der Waals surface area contributed by atoms with Crippen molar-refractivity contribution in [2.75, 3.05) is 38.7 Å². The first-order valence-corrected chi connectivity index (χ1v) is 5.97. The standard InChI is InChI=1S/C9H13ClN4OS/c1-15-5-4-12-2-3-13-9-14-8(10)7(6-11)16-9/h12H,2-5H2,1H3,(H,13,14). The number of halogens is 1. The van der Waals surface area contributed by atoms with Gasteiger partial charge in [0, 0.05) is 26.7 Å². The molecule has 1 aromatic rings. The maximum atomic E-state index is 8.68. The molecule has 0 amide bonds. The summed E-state index contributed by atoms with van der Waals surface area (Å²) in [5.41, 5.74) is 0. The molecular weight excluding hydrogens is 248 g/mol. The van der Waals surface area contributed by atoms with Crippen LogP contribution in [-0.4, -0.2) is 38.3 Å². The average Bonchev–Trinajstić information content (AvgIpc) is 2.64. The molecule has 0 fully saturated rings. The maximum absolute atomic E-state index is 8.68. The van der Waals surface area contributed by atoms with Crippen LogP contribution in [0.25, 0.3) is 0 Å². The van der Waals surface area contributed by atoms with Crippen LogP contribution in [0.3, 0.4) is 0 Å². The van der Waals surface area contributed by atoms with E-state index in [0.717, 1.165) is 19.6 Å². The Morgan fingerprint density at radius 1 is 1.50 bits per heavy atom. The van der Waals surface area contributed by atoms with Crippen LogP contribution in [0, 0.1) is 11.3 Å². The number of hydrogen-bond acceptors (Lipinski definition) is 6. The molecule has 0 atom stereocenters. The van der Waals surface area contributed by atoms with Crippen molar-refractivity contribution >= 4 is 28.1 Å². The van der Waals surface area contributed by atoms with E-state index in [9.17, 15) is 0 Å². The minimum atomic E-state index is 0.266. The van der Waals surface area contributed by atoms with Crippen molar-refractivity contribution in [3.63, 3.8) is 0 Å². The highest BCUT2D eigenvalue weighted by atomic mass is 35.5. The topological polar surface area (TPSA) is 70.0 Å². The summed E-state index contributed by atoms with van der Waals surface area (Å²) in [4.78, 5) is 4.45. The number of methoxy groups -OCH3 is 1. The fourth-order valence-electron chi connectivity index (χ4n) is 1.00. The van der Waals surface area contributed by atoms with E-state index in [0.29, 0.717) is 16.6 Å². The molecular formula is C9H13ClN4OS. The summed E-state index contributed by atoms with van der Waals surface area (Å²) >= 11 is 6.99. The summed E-state index contributed by atoms with van der Waals surface area (Å²) < 4.78 is 4.89. The molecule has 1 rings (SSSR count). The molecule has 0 unspecified atom stereocenters. The van der Waals surface area contributed by atoms with E-state index in [1.54, 1.807) is 7.11 Å². The fraction of sp³-hybridized carbons (Fsp3) is 0.556. The summed E-state index contributed by atoms with van der Waals surface area (Å²) in [6.45, 7) is 3.06. The van der Waals surface area contributed by atoms with Crippen molar-refractivity contribution in [1.82, 2.24) is 10.3 Å². The lowest BCUT2D eigenvalue weighted by atomic mass is 10.6. The highest BCUT2D eigenvalue weighted by molar-refractivity contribution is 7.16. The number of thiazole rings is 1. The highest BCUT2D eigenvalue weighted by Gasteiger charge is 2.07. The fourth-order valence-corrected chi connectivity index (χ4v) is 1.98. The summed E-state index contributed by atoms with van der Waals surface area (Å²) in [5.74, 6) is 0. The first-order valence-electron chi connectivity index (χ1n) is 4.78. The Morgan fingerprint density at radius 3 is 2.94 bits per heavy atom. The van der Waals surface area contributed by atoms with Gasteiger partial charge in [0.25, 0.3) is 0 Å². The normalized spacial score (nSPS) is 10.1. The number of rotatable bonds is 7.